The van der Waals surface area contributed by atoms with E-state index in [1.807, 2.05) is 0 Å². The zero-order chi connectivity index (χ0) is 14.1. The Bertz CT molecular complexity index is 430. The summed E-state index contributed by atoms with van der Waals surface area (Å²) in [5, 5.41) is 3.94. The Morgan fingerprint density at radius 2 is 1.65 bits per heavy atom. The molecule has 0 amide bonds. The van der Waals surface area contributed by atoms with Gasteiger partial charge in [0.25, 0.3) is 0 Å². The Balaban J connectivity index is 1.47. The summed E-state index contributed by atoms with van der Waals surface area (Å²) in [5.74, 6) is 2.59. The molecular weight excluding hydrogens is 242 g/mol. The van der Waals surface area contributed by atoms with Crippen molar-refractivity contribution in [2.45, 2.75) is 70.9 Å². The second-order valence-corrected chi connectivity index (χ2v) is 7.44. The van der Waals surface area contributed by atoms with Gasteiger partial charge in [0.1, 0.15) is 0 Å². The normalized spacial score (nSPS) is 37.5. The highest BCUT2D eigenvalue weighted by atomic mass is 15.0. The largest absolute Gasteiger partial charge is 0.311 e. The standard InChI is InChI=1S/C19H29N/c1-13-4-7-16(8-5-13)17-11-18(12-17)20-19-9-6-14(2)10-15(19)3/h4-5,7-8,14-15,17-20H,6,9-12H2,1-3H3. The number of hydrogen-bond acceptors (Lipinski definition) is 1. The maximum Gasteiger partial charge on any atom is 0.00954 e. The van der Waals surface area contributed by atoms with Gasteiger partial charge >= 0.3 is 0 Å². The first-order chi connectivity index (χ1) is 9.61. The van der Waals surface area contributed by atoms with Gasteiger partial charge in [0.15, 0.2) is 0 Å². The van der Waals surface area contributed by atoms with E-state index in [0.717, 1.165) is 29.8 Å². The maximum absolute atomic E-state index is 3.94. The summed E-state index contributed by atoms with van der Waals surface area (Å²) in [7, 11) is 0. The Labute approximate surface area is 124 Å². The van der Waals surface area contributed by atoms with Crippen LogP contribution in [0.15, 0.2) is 24.3 Å². The first-order valence-electron chi connectivity index (χ1n) is 8.44. The highest BCUT2D eigenvalue weighted by Crippen LogP contribution is 2.38. The van der Waals surface area contributed by atoms with Crippen molar-refractivity contribution in [2.24, 2.45) is 11.8 Å². The quantitative estimate of drug-likeness (QED) is 0.843. The van der Waals surface area contributed by atoms with Crippen LogP contribution in [-0.2, 0) is 0 Å². The van der Waals surface area contributed by atoms with Crippen molar-refractivity contribution in [3.8, 4) is 0 Å². The average Bonchev–Trinajstić information content (AvgIpc) is 2.37. The fraction of sp³-hybridized carbons (Fsp3) is 0.684. The molecule has 2 fully saturated rings. The lowest BCUT2D eigenvalue weighted by Crippen LogP contribution is -2.49. The minimum atomic E-state index is 0.766. The Kier molecular flexibility index (Phi) is 4.16. The molecule has 3 atom stereocenters. The molecule has 0 aliphatic heterocycles. The zero-order valence-electron chi connectivity index (χ0n) is 13.2. The third-order valence-electron chi connectivity index (χ3n) is 5.57. The summed E-state index contributed by atoms with van der Waals surface area (Å²) in [5.41, 5.74) is 2.91. The van der Waals surface area contributed by atoms with Gasteiger partial charge < -0.3 is 5.32 Å². The molecule has 0 spiro atoms. The minimum absolute atomic E-state index is 0.766. The third kappa shape index (κ3) is 3.09. The first-order valence-corrected chi connectivity index (χ1v) is 8.44. The summed E-state index contributed by atoms with van der Waals surface area (Å²) >= 11 is 0. The molecule has 0 aromatic heterocycles. The van der Waals surface area contributed by atoms with Crippen LogP contribution in [0, 0.1) is 18.8 Å². The van der Waals surface area contributed by atoms with Gasteiger partial charge in [-0.1, -0.05) is 43.7 Å². The first kappa shape index (κ1) is 14.1. The topological polar surface area (TPSA) is 12.0 Å². The van der Waals surface area contributed by atoms with Gasteiger partial charge in [-0.15, -0.1) is 0 Å². The smallest absolute Gasteiger partial charge is 0.00954 e. The van der Waals surface area contributed by atoms with Crippen LogP contribution >= 0.6 is 0 Å². The molecule has 0 saturated heterocycles. The highest BCUT2D eigenvalue weighted by molar-refractivity contribution is 5.26. The molecular formula is C19H29N. The number of nitrogens with one attached hydrogen (secondary N) is 1. The zero-order valence-corrected chi connectivity index (χ0v) is 13.2. The molecule has 2 aliphatic rings. The van der Waals surface area contributed by atoms with E-state index in [1.165, 1.54) is 37.7 Å². The van der Waals surface area contributed by atoms with Gasteiger partial charge in [0, 0.05) is 12.1 Å². The van der Waals surface area contributed by atoms with Crippen LogP contribution in [0.4, 0.5) is 0 Å². The fourth-order valence-electron chi connectivity index (χ4n) is 4.08. The Hall–Kier alpha value is -0.820. The predicted molar refractivity (Wildman–Crippen MR) is 86.0 cm³/mol. The van der Waals surface area contributed by atoms with Crippen LogP contribution in [0.5, 0.6) is 0 Å². The van der Waals surface area contributed by atoms with Gasteiger partial charge in [0.05, 0.1) is 0 Å². The van der Waals surface area contributed by atoms with Crippen molar-refractivity contribution >= 4 is 0 Å². The van der Waals surface area contributed by atoms with E-state index >= 15 is 0 Å². The van der Waals surface area contributed by atoms with Crippen LogP contribution in [-0.4, -0.2) is 12.1 Å². The molecule has 0 heterocycles. The summed E-state index contributed by atoms with van der Waals surface area (Å²) in [4.78, 5) is 0. The van der Waals surface area contributed by atoms with Gasteiger partial charge in [-0.25, -0.2) is 0 Å². The summed E-state index contributed by atoms with van der Waals surface area (Å²) in [6, 6.07) is 10.7. The van der Waals surface area contributed by atoms with Crippen molar-refractivity contribution in [1.82, 2.24) is 5.32 Å². The molecule has 0 bridgehead atoms. The van der Waals surface area contributed by atoms with E-state index in [4.69, 9.17) is 0 Å². The van der Waals surface area contributed by atoms with Crippen molar-refractivity contribution in [1.29, 1.82) is 0 Å². The molecule has 3 unspecified atom stereocenters. The SMILES string of the molecule is Cc1ccc(C2CC(NC3CCC(C)CC3C)C2)cc1. The molecule has 2 aliphatic carbocycles. The second kappa shape index (κ2) is 5.89. The summed E-state index contributed by atoms with van der Waals surface area (Å²) in [6.07, 6.45) is 6.87. The molecule has 1 heteroatoms. The molecule has 3 rings (SSSR count). The number of hydrogen-bond donors (Lipinski definition) is 1. The fourth-order valence-corrected chi connectivity index (χ4v) is 4.08. The van der Waals surface area contributed by atoms with E-state index in [-0.39, 0.29) is 0 Å². The van der Waals surface area contributed by atoms with E-state index in [9.17, 15) is 0 Å². The van der Waals surface area contributed by atoms with Crippen molar-refractivity contribution in [3.63, 3.8) is 0 Å². The average molecular weight is 271 g/mol. The van der Waals surface area contributed by atoms with E-state index in [2.05, 4.69) is 50.4 Å². The van der Waals surface area contributed by atoms with E-state index in [1.54, 1.807) is 5.56 Å². The Morgan fingerprint density at radius 1 is 0.950 bits per heavy atom. The minimum Gasteiger partial charge on any atom is -0.311 e. The van der Waals surface area contributed by atoms with Crippen LogP contribution < -0.4 is 5.32 Å². The van der Waals surface area contributed by atoms with Crippen LogP contribution in [0.3, 0.4) is 0 Å². The number of aryl methyl sites for hydroxylation is 1. The number of benzene rings is 1. The van der Waals surface area contributed by atoms with Crippen LogP contribution in [0.2, 0.25) is 0 Å². The lowest BCUT2D eigenvalue weighted by molar-refractivity contribution is 0.176. The van der Waals surface area contributed by atoms with Crippen molar-refractivity contribution < 1.29 is 0 Å². The predicted octanol–water partition coefficient (Wildman–Crippen LogP) is 4.66. The lowest BCUT2D eigenvalue weighted by atomic mass is 9.73. The third-order valence-corrected chi connectivity index (χ3v) is 5.57. The van der Waals surface area contributed by atoms with Crippen LogP contribution in [0.25, 0.3) is 0 Å². The summed E-state index contributed by atoms with van der Waals surface area (Å²) < 4.78 is 0. The monoisotopic (exact) mass is 271 g/mol. The van der Waals surface area contributed by atoms with E-state index < -0.39 is 0 Å². The number of rotatable bonds is 3. The molecule has 1 aromatic rings. The van der Waals surface area contributed by atoms with Crippen molar-refractivity contribution in [2.75, 3.05) is 0 Å². The molecule has 1 nitrogen and oxygen atoms in total. The lowest BCUT2D eigenvalue weighted by Gasteiger charge is -2.42. The second-order valence-electron chi connectivity index (χ2n) is 7.44. The van der Waals surface area contributed by atoms with Gasteiger partial charge in [0.2, 0.25) is 0 Å². The molecule has 20 heavy (non-hydrogen) atoms. The summed E-state index contributed by atoms with van der Waals surface area (Å²) in [6.45, 7) is 7.01. The van der Waals surface area contributed by atoms with Gasteiger partial charge in [-0.2, -0.15) is 0 Å². The molecule has 1 N–H and O–H groups in total. The molecule has 0 radical (unpaired) electrons. The maximum atomic E-state index is 3.94. The highest BCUT2D eigenvalue weighted by Gasteiger charge is 2.34. The molecule has 2 saturated carbocycles. The van der Waals surface area contributed by atoms with E-state index in [0.29, 0.717) is 0 Å². The molecule has 110 valence electrons. The van der Waals surface area contributed by atoms with Crippen LogP contribution in [0.1, 0.15) is 63.0 Å². The van der Waals surface area contributed by atoms with Crippen molar-refractivity contribution in [3.05, 3.63) is 35.4 Å². The Morgan fingerprint density at radius 3 is 2.30 bits per heavy atom. The van der Waals surface area contributed by atoms with Gasteiger partial charge in [-0.3, -0.25) is 0 Å². The molecule has 1 aromatic carbocycles. The van der Waals surface area contributed by atoms with Gasteiger partial charge in [-0.05, 0) is 62.3 Å².